The zero-order valence-corrected chi connectivity index (χ0v) is 35.8. The van der Waals surface area contributed by atoms with Crippen LogP contribution in [0.5, 0.6) is 0 Å². The van der Waals surface area contributed by atoms with E-state index in [-0.39, 0.29) is 19.4 Å². The van der Waals surface area contributed by atoms with E-state index < -0.39 is 29.9 Å². The Morgan fingerprint density at radius 2 is 0.945 bits per heavy atom. The molecule has 1 heterocycles. The van der Waals surface area contributed by atoms with Crippen molar-refractivity contribution in [3.05, 3.63) is 18.2 Å². The Kier molecular flexibility index (Phi) is 35.4. The van der Waals surface area contributed by atoms with Crippen LogP contribution < -0.4 is 11.1 Å². The van der Waals surface area contributed by atoms with E-state index in [1.807, 2.05) is 0 Å². The molecule has 0 aromatic carbocycles. The molecule has 0 saturated carbocycles. The van der Waals surface area contributed by atoms with Crippen molar-refractivity contribution in [1.29, 1.82) is 0 Å². The number of H-pyrrole nitrogens is 1. The molecule has 1 rings (SSSR count). The summed E-state index contributed by atoms with van der Waals surface area (Å²) in [4.78, 5) is 45.7. The van der Waals surface area contributed by atoms with Crippen molar-refractivity contribution in [2.45, 2.75) is 244 Å². The Morgan fingerprint density at radius 1 is 0.582 bits per heavy atom. The maximum absolute atomic E-state index is 13.0. The molecule has 0 aliphatic carbocycles. The largest absolute Gasteiger partial charge is 0.466 e. The molecule has 0 fully saturated rings. The standard InChI is InChI=1S/C46H86N4O5/c1-3-5-7-9-11-13-15-17-19-21-23-25-27-29-31-33-37-54-44(51)40-42(50-45(52)41(47)39-43-48-35-36-49-43)46(53)55-38-34-32-30-28-26-24-22-20-18-16-14-12-10-8-6-4-2/h35-36,41-42H,3-34,37-40,47H2,1-2H3,(H,48,49)(H,50,52). The molecule has 0 aliphatic heterocycles. The summed E-state index contributed by atoms with van der Waals surface area (Å²) in [7, 11) is 0. The van der Waals surface area contributed by atoms with Crippen LogP contribution in [0, 0.1) is 0 Å². The van der Waals surface area contributed by atoms with Gasteiger partial charge in [-0.25, -0.2) is 9.78 Å². The lowest BCUT2D eigenvalue weighted by Gasteiger charge is -2.19. The molecule has 1 amide bonds. The Hall–Kier alpha value is -2.42. The van der Waals surface area contributed by atoms with E-state index >= 15 is 0 Å². The molecular weight excluding hydrogens is 689 g/mol. The molecule has 2 unspecified atom stereocenters. The highest BCUT2D eigenvalue weighted by Gasteiger charge is 2.28. The van der Waals surface area contributed by atoms with E-state index in [1.165, 1.54) is 167 Å². The molecule has 9 heteroatoms. The molecule has 4 N–H and O–H groups in total. The first-order valence-corrected chi connectivity index (χ1v) is 23.3. The van der Waals surface area contributed by atoms with Crippen LogP contribution >= 0.6 is 0 Å². The molecule has 1 aromatic rings. The maximum Gasteiger partial charge on any atom is 0.329 e. The Bertz CT molecular complexity index is 1000. The number of nitrogens with two attached hydrogens (primary N) is 1. The number of hydrogen-bond acceptors (Lipinski definition) is 7. The third kappa shape index (κ3) is 32.4. The second kappa shape index (κ2) is 38.5. The number of aromatic amines is 1. The number of imidazole rings is 1. The fraction of sp³-hybridized carbons (Fsp3) is 0.870. The van der Waals surface area contributed by atoms with Gasteiger partial charge >= 0.3 is 11.9 Å². The number of nitrogens with zero attached hydrogens (tertiary/aromatic N) is 1. The minimum Gasteiger partial charge on any atom is -0.466 e. The van der Waals surface area contributed by atoms with Gasteiger partial charge in [-0.2, -0.15) is 0 Å². The van der Waals surface area contributed by atoms with Crippen molar-refractivity contribution < 1.29 is 23.9 Å². The molecule has 0 bridgehead atoms. The van der Waals surface area contributed by atoms with Gasteiger partial charge in [-0.15, -0.1) is 0 Å². The lowest BCUT2D eigenvalue weighted by molar-refractivity contribution is -0.154. The fourth-order valence-corrected chi connectivity index (χ4v) is 7.17. The van der Waals surface area contributed by atoms with Crippen molar-refractivity contribution in [2.24, 2.45) is 5.73 Å². The first-order chi connectivity index (χ1) is 27.0. The summed E-state index contributed by atoms with van der Waals surface area (Å²) in [5.41, 5.74) is 6.10. The van der Waals surface area contributed by atoms with Crippen LogP contribution in [0.15, 0.2) is 12.4 Å². The lowest BCUT2D eigenvalue weighted by atomic mass is 10.0. The summed E-state index contributed by atoms with van der Waals surface area (Å²) in [6, 6.07) is -2.07. The van der Waals surface area contributed by atoms with Gasteiger partial charge in [-0.1, -0.05) is 206 Å². The van der Waals surface area contributed by atoms with Gasteiger partial charge < -0.3 is 25.5 Å². The highest BCUT2D eigenvalue weighted by atomic mass is 16.5. The maximum atomic E-state index is 13.0. The number of carbonyl (C=O) groups is 3. The van der Waals surface area contributed by atoms with E-state index in [0.717, 1.165) is 38.5 Å². The number of carbonyl (C=O) groups excluding carboxylic acids is 3. The van der Waals surface area contributed by atoms with Crippen LogP contribution in [-0.4, -0.2) is 53.1 Å². The van der Waals surface area contributed by atoms with Crippen molar-refractivity contribution in [3.8, 4) is 0 Å². The number of aromatic nitrogens is 2. The van der Waals surface area contributed by atoms with Crippen LogP contribution in [0.1, 0.15) is 232 Å². The Balaban J connectivity index is 2.21. The molecule has 0 radical (unpaired) electrons. The number of nitrogens with one attached hydrogen (secondary N) is 2. The molecule has 0 aliphatic rings. The second-order valence-corrected chi connectivity index (χ2v) is 16.1. The first kappa shape index (κ1) is 50.6. The van der Waals surface area contributed by atoms with Gasteiger partial charge in [0.2, 0.25) is 5.91 Å². The number of unbranched alkanes of at least 4 members (excludes halogenated alkanes) is 30. The van der Waals surface area contributed by atoms with Crippen molar-refractivity contribution in [2.75, 3.05) is 13.2 Å². The van der Waals surface area contributed by atoms with E-state index in [0.29, 0.717) is 12.4 Å². The zero-order chi connectivity index (χ0) is 39.9. The second-order valence-electron chi connectivity index (χ2n) is 16.1. The third-order valence-corrected chi connectivity index (χ3v) is 10.8. The summed E-state index contributed by atoms with van der Waals surface area (Å²) in [5.74, 6) is -1.11. The highest BCUT2D eigenvalue weighted by Crippen LogP contribution is 2.16. The van der Waals surface area contributed by atoms with Gasteiger partial charge in [-0.05, 0) is 12.8 Å². The van der Waals surface area contributed by atoms with E-state index in [4.69, 9.17) is 15.2 Å². The molecule has 0 saturated heterocycles. The average Bonchev–Trinajstić information content (AvgIpc) is 3.70. The van der Waals surface area contributed by atoms with Crippen molar-refractivity contribution in [1.82, 2.24) is 15.3 Å². The Morgan fingerprint density at radius 3 is 1.31 bits per heavy atom. The Labute approximate surface area is 337 Å². The SMILES string of the molecule is CCCCCCCCCCCCCCCCCCOC(=O)CC(NC(=O)C(N)Cc1ncc[nH]1)C(=O)OCCCCCCCCCCCCCCCCCC. The number of hydrogen-bond donors (Lipinski definition) is 3. The van der Waals surface area contributed by atoms with Crippen LogP contribution in [0.4, 0.5) is 0 Å². The molecule has 320 valence electrons. The monoisotopic (exact) mass is 775 g/mol. The summed E-state index contributed by atoms with van der Waals surface area (Å²) < 4.78 is 11.0. The average molecular weight is 775 g/mol. The molecule has 0 spiro atoms. The molecule has 1 aromatic heterocycles. The third-order valence-electron chi connectivity index (χ3n) is 10.8. The number of esters is 2. The van der Waals surface area contributed by atoms with Crippen LogP contribution in [0.25, 0.3) is 0 Å². The quantitative estimate of drug-likeness (QED) is 0.0445. The van der Waals surface area contributed by atoms with Gasteiger partial charge in [0.1, 0.15) is 11.9 Å². The normalized spacial score (nSPS) is 12.4. The predicted molar refractivity (Wildman–Crippen MR) is 228 cm³/mol. The van der Waals surface area contributed by atoms with Crippen LogP contribution in [0.3, 0.4) is 0 Å². The van der Waals surface area contributed by atoms with Crippen molar-refractivity contribution in [3.63, 3.8) is 0 Å². The summed E-state index contributed by atoms with van der Waals surface area (Å²) in [6.45, 7) is 5.11. The topological polar surface area (TPSA) is 136 Å². The van der Waals surface area contributed by atoms with Gasteiger partial charge in [-0.3, -0.25) is 9.59 Å². The summed E-state index contributed by atoms with van der Waals surface area (Å²) in [6.07, 6.45) is 44.0. The van der Waals surface area contributed by atoms with Crippen LogP contribution in [0.2, 0.25) is 0 Å². The summed E-state index contributed by atoms with van der Waals surface area (Å²) in [5, 5.41) is 2.64. The smallest absolute Gasteiger partial charge is 0.329 e. The van der Waals surface area contributed by atoms with Gasteiger partial charge in [0.25, 0.3) is 0 Å². The highest BCUT2D eigenvalue weighted by molar-refractivity contribution is 5.90. The van der Waals surface area contributed by atoms with E-state index in [1.54, 1.807) is 12.4 Å². The number of rotatable bonds is 41. The first-order valence-electron chi connectivity index (χ1n) is 23.3. The van der Waals surface area contributed by atoms with Crippen molar-refractivity contribution >= 4 is 17.8 Å². The zero-order valence-electron chi connectivity index (χ0n) is 35.8. The van der Waals surface area contributed by atoms with Gasteiger partial charge in [0.05, 0.1) is 25.7 Å². The summed E-state index contributed by atoms with van der Waals surface area (Å²) >= 11 is 0. The fourth-order valence-electron chi connectivity index (χ4n) is 7.17. The van der Waals surface area contributed by atoms with Gasteiger partial charge in [0.15, 0.2) is 0 Å². The van der Waals surface area contributed by atoms with E-state index in [9.17, 15) is 14.4 Å². The minimum atomic E-state index is -1.14. The van der Waals surface area contributed by atoms with Gasteiger partial charge in [0, 0.05) is 18.8 Å². The number of amides is 1. The molecule has 2 atom stereocenters. The number of ether oxygens (including phenoxy) is 2. The van der Waals surface area contributed by atoms with Crippen LogP contribution in [-0.2, 0) is 30.3 Å². The molecule has 55 heavy (non-hydrogen) atoms. The predicted octanol–water partition coefficient (Wildman–Crippen LogP) is 11.8. The molecule has 9 nitrogen and oxygen atoms in total. The molecular formula is C46H86N4O5. The lowest BCUT2D eigenvalue weighted by Crippen LogP contribution is -2.50. The minimum absolute atomic E-state index is 0.184. The van der Waals surface area contributed by atoms with E-state index in [2.05, 4.69) is 29.1 Å².